The molecule has 0 saturated heterocycles. The molecule has 4 aliphatic rings. The summed E-state index contributed by atoms with van der Waals surface area (Å²) in [7, 11) is 0. The molecule has 5 heteroatoms. The second-order valence-corrected chi connectivity index (χ2v) is 7.92. The predicted molar refractivity (Wildman–Crippen MR) is 77.1 cm³/mol. The Morgan fingerprint density at radius 3 is 1.70 bits per heavy atom. The van der Waals surface area contributed by atoms with E-state index in [1.807, 2.05) is 0 Å². The molecule has 4 aliphatic carbocycles. The Morgan fingerprint density at radius 2 is 1.26 bits per heavy atom. The maximum atomic E-state index is 14.0. The van der Waals surface area contributed by atoms with E-state index >= 15 is 0 Å². The van der Waals surface area contributed by atoms with E-state index < -0.39 is 34.6 Å². The monoisotopic (exact) mass is 328 g/mol. The summed E-state index contributed by atoms with van der Waals surface area (Å²) < 4.78 is 60.6. The molecule has 23 heavy (non-hydrogen) atoms. The summed E-state index contributed by atoms with van der Waals surface area (Å²) in [6, 6.07) is 0. The highest BCUT2D eigenvalue weighted by Crippen LogP contribution is 2.60. The molecule has 4 bridgehead atoms. The zero-order valence-corrected chi connectivity index (χ0v) is 13.1. The van der Waals surface area contributed by atoms with Gasteiger partial charge in [-0.1, -0.05) is 0 Å². The highest BCUT2D eigenvalue weighted by Gasteiger charge is 2.51. The van der Waals surface area contributed by atoms with Gasteiger partial charge in [-0.3, -0.25) is 0 Å². The van der Waals surface area contributed by atoms with E-state index in [1.54, 1.807) is 0 Å². The first-order valence-electron chi connectivity index (χ1n) is 8.34. The van der Waals surface area contributed by atoms with Gasteiger partial charge in [-0.05, 0) is 63.2 Å². The molecule has 4 saturated carbocycles. The first-order chi connectivity index (χ1) is 10.9. The van der Waals surface area contributed by atoms with Crippen molar-refractivity contribution in [2.75, 3.05) is 6.61 Å². The Morgan fingerprint density at radius 1 is 0.826 bits per heavy atom. The summed E-state index contributed by atoms with van der Waals surface area (Å²) in [4.78, 5) is 0. The molecule has 0 unspecified atom stereocenters. The molecule has 126 valence electrons. The summed E-state index contributed by atoms with van der Waals surface area (Å²) >= 11 is 0. The lowest BCUT2D eigenvalue weighted by atomic mass is 9.50. The number of halogens is 4. The summed E-state index contributed by atoms with van der Waals surface area (Å²) in [5.41, 5.74) is -0.729. The number of hydrogen-bond acceptors (Lipinski definition) is 1. The lowest BCUT2D eigenvalue weighted by Crippen LogP contribution is -2.48. The zero-order chi connectivity index (χ0) is 16.4. The molecule has 0 amide bonds. The van der Waals surface area contributed by atoms with Gasteiger partial charge in [0.15, 0.2) is 17.4 Å². The molecule has 0 aromatic heterocycles. The number of hydrogen-bond donors (Lipinski definition) is 0. The first-order valence-corrected chi connectivity index (χ1v) is 8.34. The standard InChI is InChI=1S/C18H20F4O/c1-9-13(19)15(21)17(16(22)14(9)20)23-8-18-5-10-2-11(6-18)4-12(3-10)7-18/h10-12H,2-8H2,1H3. The largest absolute Gasteiger partial charge is 0.487 e. The third kappa shape index (κ3) is 2.34. The minimum atomic E-state index is -1.42. The van der Waals surface area contributed by atoms with Crippen molar-refractivity contribution in [2.45, 2.75) is 45.4 Å². The summed E-state index contributed by atoms with van der Waals surface area (Å²) in [5.74, 6) is -4.48. The molecule has 4 fully saturated rings. The van der Waals surface area contributed by atoms with Crippen molar-refractivity contribution in [2.24, 2.45) is 23.2 Å². The van der Waals surface area contributed by atoms with Crippen LogP contribution in [0, 0.1) is 53.4 Å². The SMILES string of the molecule is Cc1c(F)c(F)c(OCC23CC4CC(CC(C4)C2)C3)c(F)c1F. The average molecular weight is 328 g/mol. The Bertz CT molecular complexity index is 591. The minimum absolute atomic E-state index is 0.0779. The Kier molecular flexibility index (Phi) is 3.40. The normalized spacial score (nSPS) is 34.9. The van der Waals surface area contributed by atoms with Crippen LogP contribution in [0.25, 0.3) is 0 Å². The van der Waals surface area contributed by atoms with Crippen molar-refractivity contribution in [3.8, 4) is 5.75 Å². The van der Waals surface area contributed by atoms with Crippen molar-refractivity contribution in [3.63, 3.8) is 0 Å². The van der Waals surface area contributed by atoms with Crippen LogP contribution in [-0.2, 0) is 0 Å². The van der Waals surface area contributed by atoms with Crippen molar-refractivity contribution < 1.29 is 22.3 Å². The van der Waals surface area contributed by atoms with Crippen LogP contribution in [0.3, 0.4) is 0 Å². The van der Waals surface area contributed by atoms with Gasteiger partial charge < -0.3 is 4.74 Å². The summed E-state index contributed by atoms with van der Waals surface area (Å²) in [6.07, 6.45) is 6.73. The molecule has 0 spiro atoms. The van der Waals surface area contributed by atoms with Gasteiger partial charge in [0.1, 0.15) is 0 Å². The topological polar surface area (TPSA) is 9.23 Å². The quantitative estimate of drug-likeness (QED) is 0.551. The van der Waals surface area contributed by atoms with Gasteiger partial charge in [-0.15, -0.1) is 0 Å². The first kappa shape index (κ1) is 15.3. The fourth-order valence-corrected chi connectivity index (χ4v) is 5.54. The fourth-order valence-electron chi connectivity index (χ4n) is 5.54. The third-order valence-corrected chi connectivity index (χ3v) is 6.13. The molecular formula is C18H20F4O. The van der Waals surface area contributed by atoms with Crippen molar-refractivity contribution in [1.29, 1.82) is 0 Å². The molecule has 1 aromatic rings. The van der Waals surface area contributed by atoms with Crippen LogP contribution >= 0.6 is 0 Å². The number of benzene rings is 1. The van der Waals surface area contributed by atoms with Gasteiger partial charge in [0.25, 0.3) is 0 Å². The number of ether oxygens (including phenoxy) is 1. The van der Waals surface area contributed by atoms with E-state index in [9.17, 15) is 17.6 Å². The van der Waals surface area contributed by atoms with Gasteiger partial charge in [-0.25, -0.2) is 8.78 Å². The Balaban J connectivity index is 1.58. The second-order valence-electron chi connectivity index (χ2n) is 7.92. The number of rotatable bonds is 3. The molecule has 0 aliphatic heterocycles. The van der Waals surface area contributed by atoms with Crippen LogP contribution in [-0.4, -0.2) is 6.61 Å². The Labute approximate surface area is 133 Å². The zero-order valence-electron chi connectivity index (χ0n) is 13.1. The van der Waals surface area contributed by atoms with Crippen LogP contribution in [0.4, 0.5) is 17.6 Å². The van der Waals surface area contributed by atoms with E-state index in [4.69, 9.17) is 4.74 Å². The predicted octanol–water partition coefficient (Wildman–Crippen LogP) is 5.15. The fraction of sp³-hybridized carbons (Fsp3) is 0.667. The molecule has 1 aromatic carbocycles. The van der Waals surface area contributed by atoms with E-state index in [-0.39, 0.29) is 12.0 Å². The minimum Gasteiger partial charge on any atom is -0.487 e. The van der Waals surface area contributed by atoms with Gasteiger partial charge in [-0.2, -0.15) is 8.78 Å². The molecule has 0 atom stereocenters. The molecule has 0 N–H and O–H groups in total. The average Bonchev–Trinajstić information content (AvgIpc) is 2.49. The maximum absolute atomic E-state index is 14.0. The Hall–Kier alpha value is -1.26. The summed E-state index contributed by atoms with van der Waals surface area (Å²) in [6.45, 7) is 1.16. The maximum Gasteiger partial charge on any atom is 0.204 e. The van der Waals surface area contributed by atoms with E-state index in [0.29, 0.717) is 17.8 Å². The van der Waals surface area contributed by atoms with Gasteiger partial charge in [0, 0.05) is 11.0 Å². The third-order valence-electron chi connectivity index (χ3n) is 6.13. The van der Waals surface area contributed by atoms with E-state index in [1.165, 1.54) is 19.3 Å². The van der Waals surface area contributed by atoms with Crippen molar-refractivity contribution >= 4 is 0 Å². The van der Waals surface area contributed by atoms with E-state index in [0.717, 1.165) is 26.2 Å². The lowest BCUT2D eigenvalue weighted by Gasteiger charge is -2.56. The van der Waals surface area contributed by atoms with Crippen LogP contribution in [0.15, 0.2) is 0 Å². The molecular weight excluding hydrogens is 308 g/mol. The van der Waals surface area contributed by atoms with Crippen LogP contribution in [0.2, 0.25) is 0 Å². The molecule has 1 nitrogen and oxygen atoms in total. The van der Waals surface area contributed by atoms with Crippen LogP contribution in [0.5, 0.6) is 5.75 Å². The van der Waals surface area contributed by atoms with Crippen LogP contribution < -0.4 is 4.74 Å². The smallest absolute Gasteiger partial charge is 0.204 e. The summed E-state index contributed by atoms with van der Waals surface area (Å²) in [5, 5.41) is 0. The highest BCUT2D eigenvalue weighted by atomic mass is 19.2. The van der Waals surface area contributed by atoms with Gasteiger partial charge >= 0.3 is 0 Å². The van der Waals surface area contributed by atoms with Gasteiger partial charge in [0.05, 0.1) is 6.61 Å². The lowest BCUT2D eigenvalue weighted by molar-refractivity contribution is -0.0756. The van der Waals surface area contributed by atoms with E-state index in [2.05, 4.69) is 0 Å². The molecule has 0 radical (unpaired) electrons. The van der Waals surface area contributed by atoms with Crippen molar-refractivity contribution in [3.05, 3.63) is 28.8 Å². The molecule has 5 rings (SSSR count). The molecule has 0 heterocycles. The second kappa shape index (κ2) is 5.12. The highest BCUT2D eigenvalue weighted by molar-refractivity contribution is 5.33. The van der Waals surface area contributed by atoms with Crippen LogP contribution in [0.1, 0.15) is 44.1 Å². The van der Waals surface area contributed by atoms with Gasteiger partial charge in [0.2, 0.25) is 11.6 Å². The van der Waals surface area contributed by atoms with Crippen molar-refractivity contribution in [1.82, 2.24) is 0 Å².